The Bertz CT molecular complexity index is 1140. The number of halogens is 1. The highest BCUT2D eigenvalue weighted by Gasteiger charge is 2.26. The Morgan fingerprint density at radius 3 is 2.60 bits per heavy atom. The zero-order valence-electron chi connectivity index (χ0n) is 16.4. The Labute approximate surface area is 181 Å². The smallest absolute Gasteiger partial charge is 0.337 e. The van der Waals surface area contributed by atoms with Gasteiger partial charge in [0.15, 0.2) is 5.16 Å². The molecule has 0 aliphatic carbocycles. The van der Waals surface area contributed by atoms with Gasteiger partial charge in [0.1, 0.15) is 5.82 Å². The van der Waals surface area contributed by atoms with Gasteiger partial charge in [-0.25, -0.2) is 14.2 Å². The van der Waals surface area contributed by atoms with E-state index in [2.05, 4.69) is 6.92 Å². The number of carbonyl (C=O) groups is 1. The Morgan fingerprint density at radius 1 is 1.23 bits per heavy atom. The molecule has 2 heterocycles. The number of nitrogens with zero attached hydrogens (tertiary/aromatic N) is 2. The molecule has 1 aliphatic heterocycles. The quantitative estimate of drug-likeness (QED) is 0.330. The second-order valence-corrected chi connectivity index (χ2v) is 9.29. The third-order valence-electron chi connectivity index (χ3n) is 4.71. The van der Waals surface area contributed by atoms with Gasteiger partial charge in [0.25, 0.3) is 5.56 Å². The van der Waals surface area contributed by atoms with Crippen LogP contribution in [0.3, 0.4) is 0 Å². The van der Waals surface area contributed by atoms with E-state index in [0.29, 0.717) is 32.3 Å². The molecule has 0 saturated heterocycles. The lowest BCUT2D eigenvalue weighted by molar-refractivity contribution is 0.0600. The van der Waals surface area contributed by atoms with Crippen LogP contribution in [0.1, 0.15) is 28.5 Å². The van der Waals surface area contributed by atoms with E-state index in [0.717, 1.165) is 17.7 Å². The number of fused-ring (bicyclic) bond motifs is 1. The Hall–Kier alpha value is -2.58. The molecule has 30 heavy (non-hydrogen) atoms. The van der Waals surface area contributed by atoms with Crippen LogP contribution in [-0.2, 0) is 16.9 Å². The maximum absolute atomic E-state index is 13.4. The number of aromatic nitrogens is 2. The summed E-state index contributed by atoms with van der Waals surface area (Å²) in [6, 6.07) is 13.0. The van der Waals surface area contributed by atoms with Gasteiger partial charge < -0.3 is 4.74 Å². The van der Waals surface area contributed by atoms with Gasteiger partial charge >= 0.3 is 5.97 Å². The minimum Gasteiger partial charge on any atom is -0.465 e. The largest absolute Gasteiger partial charge is 0.465 e. The van der Waals surface area contributed by atoms with E-state index >= 15 is 0 Å². The lowest BCUT2D eigenvalue weighted by Crippen LogP contribution is -2.23. The van der Waals surface area contributed by atoms with Gasteiger partial charge in [0.2, 0.25) is 0 Å². The normalized spacial score (nSPS) is 15.1. The van der Waals surface area contributed by atoms with Crippen LogP contribution in [-0.4, -0.2) is 27.9 Å². The van der Waals surface area contributed by atoms with Gasteiger partial charge in [0, 0.05) is 17.4 Å². The number of carbonyl (C=O) groups excluding carboxylic acids is 1. The topological polar surface area (TPSA) is 61.2 Å². The van der Waals surface area contributed by atoms with Crippen molar-refractivity contribution in [3.05, 3.63) is 81.5 Å². The van der Waals surface area contributed by atoms with E-state index in [-0.39, 0.29) is 17.3 Å². The van der Waals surface area contributed by atoms with Crippen LogP contribution >= 0.6 is 23.5 Å². The van der Waals surface area contributed by atoms with Crippen LogP contribution < -0.4 is 5.56 Å². The predicted octanol–water partition coefficient (Wildman–Crippen LogP) is 4.49. The maximum atomic E-state index is 13.4. The molecule has 3 aromatic rings. The second kappa shape index (κ2) is 8.65. The number of hydrogen-bond acceptors (Lipinski definition) is 6. The van der Waals surface area contributed by atoms with Crippen molar-refractivity contribution in [3.8, 4) is 5.69 Å². The van der Waals surface area contributed by atoms with Crippen LogP contribution in [0.15, 0.2) is 63.4 Å². The Balaban J connectivity index is 1.67. The van der Waals surface area contributed by atoms with E-state index in [1.54, 1.807) is 28.8 Å². The van der Waals surface area contributed by atoms with Crippen LogP contribution in [0.4, 0.5) is 4.39 Å². The average Bonchev–Trinajstić information content (AvgIpc) is 3.13. The molecule has 4 rings (SSSR count). The van der Waals surface area contributed by atoms with E-state index in [1.807, 2.05) is 12.1 Å². The van der Waals surface area contributed by atoms with E-state index in [4.69, 9.17) is 9.72 Å². The third kappa shape index (κ3) is 4.15. The zero-order chi connectivity index (χ0) is 21.3. The van der Waals surface area contributed by atoms with Crippen molar-refractivity contribution in [2.24, 2.45) is 0 Å². The number of rotatable bonds is 5. The molecule has 0 fully saturated rings. The molecule has 1 aliphatic rings. The molecule has 8 heteroatoms. The summed E-state index contributed by atoms with van der Waals surface area (Å²) >= 11 is 2.97. The average molecular weight is 443 g/mol. The highest BCUT2D eigenvalue weighted by atomic mass is 32.2. The summed E-state index contributed by atoms with van der Waals surface area (Å²) in [5.41, 5.74) is 2.75. The van der Waals surface area contributed by atoms with Gasteiger partial charge in [0.05, 0.1) is 29.0 Å². The van der Waals surface area contributed by atoms with Crippen LogP contribution in [0.5, 0.6) is 0 Å². The molecule has 1 aromatic heterocycles. The summed E-state index contributed by atoms with van der Waals surface area (Å²) in [5, 5.41) is 0.866. The van der Waals surface area contributed by atoms with Crippen molar-refractivity contribution in [2.45, 2.75) is 34.4 Å². The molecule has 0 spiro atoms. The van der Waals surface area contributed by atoms with Crippen molar-refractivity contribution >= 4 is 29.5 Å². The summed E-state index contributed by atoms with van der Waals surface area (Å²) < 4.78 is 19.7. The number of thioether (sulfide) groups is 2. The SMILES string of the molecule is COC(=O)c1ccc(CSc2nc3c(c(=O)n2-c2ccc(F)cc2)SC(C)C3)cc1. The molecule has 0 amide bonds. The molecular formula is C22H19FN2O3S2. The minimum absolute atomic E-state index is 0.121. The van der Waals surface area contributed by atoms with Crippen molar-refractivity contribution < 1.29 is 13.9 Å². The van der Waals surface area contributed by atoms with Gasteiger partial charge in [-0.15, -0.1) is 11.8 Å². The predicted molar refractivity (Wildman–Crippen MR) is 116 cm³/mol. The van der Waals surface area contributed by atoms with Crippen LogP contribution in [0.25, 0.3) is 5.69 Å². The first-order valence-corrected chi connectivity index (χ1v) is 11.2. The van der Waals surface area contributed by atoms with Crippen molar-refractivity contribution in [1.29, 1.82) is 0 Å². The molecule has 154 valence electrons. The number of methoxy groups -OCH3 is 1. The molecule has 0 saturated carbocycles. The molecule has 5 nitrogen and oxygen atoms in total. The molecule has 0 bridgehead atoms. The monoisotopic (exact) mass is 442 g/mol. The first-order chi connectivity index (χ1) is 14.5. The summed E-state index contributed by atoms with van der Waals surface area (Å²) in [4.78, 5) is 30.3. The third-order valence-corrected chi connectivity index (χ3v) is 6.93. The molecule has 1 unspecified atom stereocenters. The Morgan fingerprint density at radius 2 is 1.93 bits per heavy atom. The molecular weight excluding hydrogens is 423 g/mol. The Kier molecular flexibility index (Phi) is 5.97. The van der Waals surface area contributed by atoms with Gasteiger partial charge in [-0.05, 0) is 42.0 Å². The summed E-state index contributed by atoms with van der Waals surface area (Å²) in [6.07, 6.45) is 0.751. The van der Waals surface area contributed by atoms with Gasteiger partial charge in [-0.1, -0.05) is 30.8 Å². The van der Waals surface area contributed by atoms with Crippen molar-refractivity contribution in [3.63, 3.8) is 0 Å². The standard InChI is InChI=1S/C22H19FN2O3S2/c1-13-11-18-19(30-13)20(26)25(17-9-7-16(23)8-10-17)22(24-18)29-12-14-3-5-15(6-4-14)21(27)28-2/h3-10,13H,11-12H2,1-2H3. The van der Waals surface area contributed by atoms with Gasteiger partial charge in [-0.3, -0.25) is 9.36 Å². The lowest BCUT2D eigenvalue weighted by Gasteiger charge is -2.14. The van der Waals surface area contributed by atoms with Crippen LogP contribution in [0.2, 0.25) is 0 Å². The highest BCUT2D eigenvalue weighted by molar-refractivity contribution is 8.00. The lowest BCUT2D eigenvalue weighted by atomic mass is 10.1. The highest BCUT2D eigenvalue weighted by Crippen LogP contribution is 2.35. The fourth-order valence-corrected chi connectivity index (χ4v) is 5.30. The van der Waals surface area contributed by atoms with E-state index < -0.39 is 0 Å². The summed E-state index contributed by atoms with van der Waals surface area (Å²) in [5.74, 6) is -0.175. The molecule has 1 atom stereocenters. The van der Waals surface area contributed by atoms with E-state index in [1.165, 1.54) is 42.8 Å². The summed E-state index contributed by atoms with van der Waals surface area (Å²) in [6.45, 7) is 2.07. The molecule has 2 aromatic carbocycles. The summed E-state index contributed by atoms with van der Waals surface area (Å²) in [7, 11) is 1.35. The zero-order valence-corrected chi connectivity index (χ0v) is 18.1. The van der Waals surface area contributed by atoms with Crippen molar-refractivity contribution in [1.82, 2.24) is 9.55 Å². The number of ether oxygens (including phenoxy) is 1. The minimum atomic E-state index is -0.383. The number of esters is 1. The van der Waals surface area contributed by atoms with E-state index in [9.17, 15) is 14.0 Å². The first-order valence-electron chi connectivity index (χ1n) is 9.35. The van der Waals surface area contributed by atoms with Crippen LogP contribution in [0, 0.1) is 5.82 Å². The first kappa shape index (κ1) is 20.7. The molecule has 0 radical (unpaired) electrons. The molecule has 0 N–H and O–H groups in total. The number of benzene rings is 2. The van der Waals surface area contributed by atoms with Crippen molar-refractivity contribution in [2.75, 3.05) is 7.11 Å². The maximum Gasteiger partial charge on any atom is 0.337 e. The second-order valence-electron chi connectivity index (χ2n) is 6.90. The van der Waals surface area contributed by atoms with Gasteiger partial charge in [-0.2, -0.15) is 0 Å². The fraction of sp³-hybridized carbons (Fsp3) is 0.227. The number of hydrogen-bond donors (Lipinski definition) is 0. The fourth-order valence-electron chi connectivity index (χ4n) is 3.22.